The molecule has 4 aromatic heterocycles. The largest absolute Gasteiger partial charge is 0.457 e. The molecular weight excluding hydrogens is 1320 g/mol. The third-order valence-electron chi connectivity index (χ3n) is 22.4. The maximum absolute atomic E-state index is 7.33. The first-order valence-corrected chi connectivity index (χ1v) is 37.0. The number of ether oxygens (including phenoxy) is 2. The Kier molecular flexibility index (Phi) is 13.6. The molecule has 0 amide bonds. The van der Waals surface area contributed by atoms with E-state index in [9.17, 15) is 0 Å². The normalized spacial score (nSPS) is 13.3. The van der Waals surface area contributed by atoms with E-state index < -0.39 is 10.8 Å². The minimum atomic E-state index is -0.651. The summed E-state index contributed by atoms with van der Waals surface area (Å²) in [5, 5.41) is 2.50. The molecule has 2 aliphatic carbocycles. The highest BCUT2D eigenvalue weighted by molar-refractivity contribution is 7.25. The van der Waals surface area contributed by atoms with Gasteiger partial charge in [0, 0.05) is 76.4 Å². The van der Waals surface area contributed by atoms with Crippen molar-refractivity contribution < 1.29 is 9.47 Å². The highest BCUT2D eigenvalue weighted by Crippen LogP contribution is 2.65. The second-order valence-corrected chi connectivity index (χ2v) is 29.1. The first-order chi connectivity index (χ1) is 53.0. The standard InChI is InChI=1S/C99H59N5O2S/c1-2-18-63(19-3-1)87-59-89(85-30-16-17-53-100-85)104-97(102-87)66-43-37-62(38-44-66)69-48-52-84-93(56-69)106-92-55-68(47-51-83(92)99(84)79-27-11-6-22-73(79)74-23-7-12-28-80(74)99)60-33-39-64(40-34-60)86-58-88(70-45-49-76-75-24-8-15-32-94(75)107-95(76)57-70)103-96(101-86)65-41-35-61(36-42-65)67-46-50-82-91(54-67)105-90-31-14-13-29-81(90)98(82)77-25-9-4-20-71(77)72-21-5-10-26-78(72)98/h1-59H. The van der Waals surface area contributed by atoms with Crippen LogP contribution in [-0.4, -0.2) is 24.9 Å². The topological polar surface area (TPSA) is 82.9 Å². The summed E-state index contributed by atoms with van der Waals surface area (Å²) < 4.78 is 16.7. The molecule has 498 valence electrons. The molecule has 0 radical (unpaired) electrons. The van der Waals surface area contributed by atoms with E-state index in [1.165, 1.54) is 64.7 Å². The molecule has 6 heterocycles. The van der Waals surface area contributed by atoms with Crippen molar-refractivity contribution in [3.05, 3.63) is 403 Å². The molecule has 107 heavy (non-hydrogen) atoms. The molecular formula is C99H59N5O2S. The van der Waals surface area contributed by atoms with E-state index in [1.807, 2.05) is 53.8 Å². The van der Waals surface area contributed by atoms with Gasteiger partial charge in [0.05, 0.1) is 39.3 Å². The molecule has 0 unspecified atom stereocenters. The van der Waals surface area contributed by atoms with Crippen molar-refractivity contribution in [2.45, 2.75) is 10.8 Å². The predicted molar refractivity (Wildman–Crippen MR) is 432 cm³/mol. The van der Waals surface area contributed by atoms with Crippen LogP contribution in [0.25, 0.3) is 144 Å². The first kappa shape index (κ1) is 60.8. The average Bonchev–Trinajstić information content (AvgIpc) is 1.55. The zero-order valence-electron chi connectivity index (χ0n) is 57.5. The number of para-hydroxylation sites is 1. The van der Waals surface area contributed by atoms with Crippen LogP contribution in [0.5, 0.6) is 23.0 Å². The van der Waals surface area contributed by atoms with Crippen molar-refractivity contribution in [1.29, 1.82) is 0 Å². The number of hydrogen-bond donors (Lipinski definition) is 0. The van der Waals surface area contributed by atoms with Gasteiger partial charge in [0.1, 0.15) is 23.0 Å². The number of rotatable bonds is 9. The van der Waals surface area contributed by atoms with Gasteiger partial charge in [-0.05, 0) is 139 Å². The fourth-order valence-corrected chi connectivity index (χ4v) is 18.6. The van der Waals surface area contributed by atoms with Gasteiger partial charge in [0.15, 0.2) is 11.6 Å². The van der Waals surface area contributed by atoms with Gasteiger partial charge in [-0.1, -0.05) is 291 Å². The Labute approximate surface area is 621 Å². The minimum Gasteiger partial charge on any atom is -0.457 e. The fourth-order valence-electron chi connectivity index (χ4n) is 17.5. The van der Waals surface area contributed by atoms with E-state index in [0.717, 1.165) is 135 Å². The molecule has 0 saturated carbocycles. The van der Waals surface area contributed by atoms with Crippen LogP contribution >= 0.6 is 11.3 Å². The van der Waals surface area contributed by atoms with Crippen molar-refractivity contribution >= 4 is 31.5 Å². The summed E-state index contributed by atoms with van der Waals surface area (Å²) in [6, 6.07) is 126. The quantitative estimate of drug-likeness (QED) is 0.142. The molecule has 8 heteroatoms. The van der Waals surface area contributed by atoms with Gasteiger partial charge >= 0.3 is 0 Å². The van der Waals surface area contributed by atoms with Crippen molar-refractivity contribution in [1.82, 2.24) is 24.9 Å². The van der Waals surface area contributed by atoms with E-state index >= 15 is 0 Å². The van der Waals surface area contributed by atoms with Crippen molar-refractivity contribution in [2.75, 3.05) is 0 Å². The zero-order valence-corrected chi connectivity index (χ0v) is 58.3. The number of fused-ring (bicyclic) bond motifs is 21. The smallest absolute Gasteiger partial charge is 0.160 e. The SMILES string of the molecule is c1ccc(-c2cc(-c3ccccn3)nc(-c3ccc(-c4ccc5c(c4)Oc4cc(-c6ccc(-c7cc(-c8ccc9c(c8)sc8ccccc89)nc(-c8ccc(-c9ccc%10c(c9)Oc9ccccc9C%109c%10ccccc%10-c%10ccccc%109)cc8)n7)cc6)ccc4C54c5ccccc5-c5ccccc54)cc3)n2)cc1. The Bertz CT molecular complexity index is 6540. The van der Waals surface area contributed by atoms with E-state index in [4.69, 9.17) is 29.4 Å². The lowest BCUT2D eigenvalue weighted by Crippen LogP contribution is -2.32. The maximum atomic E-state index is 7.33. The second-order valence-electron chi connectivity index (χ2n) is 28.1. The van der Waals surface area contributed by atoms with Gasteiger partial charge in [0.25, 0.3) is 0 Å². The van der Waals surface area contributed by atoms with Gasteiger partial charge in [-0.3, -0.25) is 4.98 Å². The molecule has 14 aromatic carbocycles. The molecule has 22 rings (SSSR count). The van der Waals surface area contributed by atoms with Gasteiger partial charge in [0.2, 0.25) is 0 Å². The molecule has 18 aromatic rings. The Morgan fingerprint density at radius 2 is 0.579 bits per heavy atom. The lowest BCUT2D eigenvalue weighted by atomic mass is 9.65. The van der Waals surface area contributed by atoms with Crippen LogP contribution in [0.1, 0.15) is 44.5 Å². The predicted octanol–water partition coefficient (Wildman–Crippen LogP) is 25.0. The zero-order chi connectivity index (χ0) is 70.3. The van der Waals surface area contributed by atoms with Gasteiger partial charge < -0.3 is 9.47 Å². The molecule has 0 saturated heterocycles. The summed E-state index contributed by atoms with van der Waals surface area (Å²) in [5.74, 6) is 4.61. The molecule has 7 nitrogen and oxygen atoms in total. The van der Waals surface area contributed by atoms with Crippen LogP contribution in [0, 0.1) is 0 Å². The summed E-state index contributed by atoms with van der Waals surface area (Å²) in [6.45, 7) is 0. The van der Waals surface area contributed by atoms with E-state index in [2.05, 4.69) is 314 Å². The second kappa shape index (κ2) is 23.9. The van der Waals surface area contributed by atoms with Crippen LogP contribution in [0.3, 0.4) is 0 Å². The minimum absolute atomic E-state index is 0.529. The van der Waals surface area contributed by atoms with Crippen LogP contribution in [0.2, 0.25) is 0 Å². The number of nitrogens with zero attached hydrogens (tertiary/aromatic N) is 5. The summed E-state index contributed by atoms with van der Waals surface area (Å²) >= 11 is 1.81. The summed E-state index contributed by atoms with van der Waals surface area (Å²) in [6.07, 6.45) is 1.80. The fraction of sp³-hybridized carbons (Fsp3) is 0.0202. The monoisotopic (exact) mass is 1380 g/mol. The van der Waals surface area contributed by atoms with Crippen LogP contribution in [-0.2, 0) is 10.8 Å². The Balaban J connectivity index is 0.615. The number of pyridine rings is 1. The van der Waals surface area contributed by atoms with Crippen molar-refractivity contribution in [3.8, 4) is 147 Å². The number of aromatic nitrogens is 5. The molecule has 2 aliphatic heterocycles. The van der Waals surface area contributed by atoms with Crippen LogP contribution in [0.15, 0.2) is 358 Å². The van der Waals surface area contributed by atoms with Gasteiger partial charge in [-0.2, -0.15) is 0 Å². The van der Waals surface area contributed by atoms with Crippen LogP contribution in [0.4, 0.5) is 0 Å². The summed E-state index contributed by atoms with van der Waals surface area (Å²) in [4.78, 5) is 25.7. The van der Waals surface area contributed by atoms with Gasteiger partial charge in [-0.25, -0.2) is 19.9 Å². The number of benzene rings is 14. The summed E-state index contributed by atoms with van der Waals surface area (Å²) in [7, 11) is 0. The molecule has 0 N–H and O–H groups in total. The highest BCUT2D eigenvalue weighted by atomic mass is 32.1. The number of thiophene rings is 1. The van der Waals surface area contributed by atoms with Crippen molar-refractivity contribution in [2.24, 2.45) is 0 Å². The van der Waals surface area contributed by atoms with E-state index in [-0.39, 0.29) is 0 Å². The Morgan fingerprint density at radius 1 is 0.215 bits per heavy atom. The lowest BCUT2D eigenvalue weighted by Gasteiger charge is -2.39. The molecule has 4 aliphatic rings. The maximum Gasteiger partial charge on any atom is 0.160 e. The molecule has 0 bridgehead atoms. The first-order valence-electron chi connectivity index (χ1n) is 36.2. The summed E-state index contributed by atoms with van der Waals surface area (Å²) in [5.41, 5.74) is 28.5. The molecule has 0 fully saturated rings. The highest BCUT2D eigenvalue weighted by Gasteiger charge is 2.53. The van der Waals surface area contributed by atoms with Crippen molar-refractivity contribution in [3.63, 3.8) is 0 Å². The molecule has 0 atom stereocenters. The molecule has 2 spiro atoms. The Hall–Kier alpha value is -13.8. The average molecular weight is 1380 g/mol. The van der Waals surface area contributed by atoms with Crippen LogP contribution < -0.4 is 9.47 Å². The van der Waals surface area contributed by atoms with Gasteiger partial charge in [-0.15, -0.1) is 11.3 Å². The third kappa shape index (κ3) is 9.42. The Morgan fingerprint density at radius 3 is 1.09 bits per heavy atom. The van der Waals surface area contributed by atoms with E-state index in [0.29, 0.717) is 11.6 Å². The van der Waals surface area contributed by atoms with E-state index in [1.54, 1.807) is 6.20 Å². The lowest BCUT2D eigenvalue weighted by molar-refractivity contribution is 0.436. The number of hydrogen-bond acceptors (Lipinski definition) is 8. The third-order valence-corrected chi connectivity index (χ3v) is 23.5.